The molecule has 6 heteroatoms. The van der Waals surface area contributed by atoms with Crippen molar-refractivity contribution in [2.75, 3.05) is 5.32 Å². The highest BCUT2D eigenvalue weighted by Crippen LogP contribution is 2.15. The van der Waals surface area contributed by atoms with Crippen LogP contribution in [-0.2, 0) is 6.54 Å². The number of carbonyl (C=O) groups is 1. The normalized spacial score (nSPS) is 10.2. The Morgan fingerprint density at radius 1 is 1.47 bits per heavy atom. The summed E-state index contributed by atoms with van der Waals surface area (Å²) in [6.07, 6.45) is 0. The zero-order chi connectivity index (χ0) is 12.3. The van der Waals surface area contributed by atoms with Crippen LogP contribution in [0.1, 0.15) is 20.9 Å². The Morgan fingerprint density at radius 2 is 2.29 bits per heavy atom. The first kappa shape index (κ1) is 11.5. The Labute approximate surface area is 102 Å². The zero-order valence-electron chi connectivity index (χ0n) is 9.17. The molecule has 0 fully saturated rings. The summed E-state index contributed by atoms with van der Waals surface area (Å²) in [5, 5.41) is 21.4. The quantitative estimate of drug-likeness (QED) is 0.868. The molecule has 1 heterocycles. The third-order valence-electron chi connectivity index (χ3n) is 2.14. The Bertz CT molecular complexity index is 539. The summed E-state index contributed by atoms with van der Waals surface area (Å²) in [4.78, 5) is 10.8. The number of aromatic nitrogens is 2. The van der Waals surface area contributed by atoms with Crippen molar-refractivity contribution < 1.29 is 9.90 Å². The van der Waals surface area contributed by atoms with E-state index in [1.807, 2.05) is 13.0 Å². The van der Waals surface area contributed by atoms with Gasteiger partial charge in [0.05, 0.1) is 5.56 Å². The first-order valence-electron chi connectivity index (χ1n) is 5.01. The number of aromatic carboxylic acids is 1. The van der Waals surface area contributed by atoms with Gasteiger partial charge in [0.15, 0.2) is 0 Å². The molecule has 0 saturated heterocycles. The van der Waals surface area contributed by atoms with Crippen LogP contribution in [0.4, 0.5) is 5.13 Å². The number of benzene rings is 1. The Hall–Kier alpha value is -1.95. The van der Waals surface area contributed by atoms with Gasteiger partial charge in [-0.15, -0.1) is 10.2 Å². The second kappa shape index (κ2) is 4.92. The fourth-order valence-corrected chi connectivity index (χ4v) is 1.95. The van der Waals surface area contributed by atoms with Crippen molar-refractivity contribution in [2.24, 2.45) is 0 Å². The maximum Gasteiger partial charge on any atom is 0.335 e. The number of carboxylic acids is 1. The van der Waals surface area contributed by atoms with E-state index in [0.29, 0.717) is 6.54 Å². The van der Waals surface area contributed by atoms with E-state index in [-0.39, 0.29) is 5.56 Å². The number of rotatable bonds is 4. The number of nitrogens with zero attached hydrogens (tertiary/aromatic N) is 2. The average Bonchev–Trinajstić information content (AvgIpc) is 2.73. The van der Waals surface area contributed by atoms with Gasteiger partial charge in [0, 0.05) is 6.54 Å². The highest BCUT2D eigenvalue weighted by atomic mass is 32.1. The highest BCUT2D eigenvalue weighted by molar-refractivity contribution is 7.15. The minimum atomic E-state index is -0.918. The van der Waals surface area contributed by atoms with Gasteiger partial charge in [-0.2, -0.15) is 0 Å². The molecule has 0 atom stereocenters. The Kier molecular flexibility index (Phi) is 3.34. The van der Waals surface area contributed by atoms with Gasteiger partial charge in [0.25, 0.3) is 0 Å². The molecule has 0 aliphatic carbocycles. The highest BCUT2D eigenvalue weighted by Gasteiger charge is 2.04. The average molecular weight is 249 g/mol. The van der Waals surface area contributed by atoms with Crippen molar-refractivity contribution in [1.82, 2.24) is 10.2 Å². The topological polar surface area (TPSA) is 75.1 Å². The molecule has 2 N–H and O–H groups in total. The predicted molar refractivity (Wildman–Crippen MR) is 65.4 cm³/mol. The standard InChI is InChI=1S/C11H11N3O2S/c1-7-13-14-11(17-7)12-6-8-3-2-4-9(5-8)10(15)16/h2-5H,6H2,1H3,(H,12,14)(H,15,16). The van der Waals surface area contributed by atoms with Crippen LogP contribution in [0.15, 0.2) is 24.3 Å². The molecule has 0 radical (unpaired) electrons. The molecule has 17 heavy (non-hydrogen) atoms. The number of carboxylic acid groups (broad SMARTS) is 1. The molecular formula is C11H11N3O2S. The van der Waals surface area contributed by atoms with Crippen LogP contribution < -0.4 is 5.32 Å². The van der Waals surface area contributed by atoms with Gasteiger partial charge in [0.2, 0.25) is 5.13 Å². The Balaban J connectivity index is 2.04. The summed E-state index contributed by atoms with van der Waals surface area (Å²) < 4.78 is 0. The molecular weight excluding hydrogens is 238 g/mol. The van der Waals surface area contributed by atoms with Crippen molar-refractivity contribution in [2.45, 2.75) is 13.5 Å². The van der Waals surface area contributed by atoms with E-state index in [9.17, 15) is 4.79 Å². The van der Waals surface area contributed by atoms with Crippen molar-refractivity contribution in [3.8, 4) is 0 Å². The van der Waals surface area contributed by atoms with Crippen LogP contribution in [-0.4, -0.2) is 21.3 Å². The molecule has 1 aromatic carbocycles. The van der Waals surface area contributed by atoms with Gasteiger partial charge < -0.3 is 10.4 Å². The van der Waals surface area contributed by atoms with Gasteiger partial charge in [-0.05, 0) is 24.6 Å². The molecule has 5 nitrogen and oxygen atoms in total. The monoisotopic (exact) mass is 249 g/mol. The molecule has 0 saturated carbocycles. The van der Waals surface area contributed by atoms with E-state index >= 15 is 0 Å². The number of aryl methyl sites for hydroxylation is 1. The molecule has 0 aliphatic heterocycles. The van der Waals surface area contributed by atoms with Crippen LogP contribution >= 0.6 is 11.3 Å². The Morgan fingerprint density at radius 3 is 2.94 bits per heavy atom. The zero-order valence-corrected chi connectivity index (χ0v) is 9.99. The molecule has 0 aliphatic rings. The maximum absolute atomic E-state index is 10.8. The minimum Gasteiger partial charge on any atom is -0.478 e. The van der Waals surface area contributed by atoms with Gasteiger partial charge in [-0.25, -0.2) is 4.79 Å². The summed E-state index contributed by atoms with van der Waals surface area (Å²) in [6.45, 7) is 2.42. The number of hydrogen-bond donors (Lipinski definition) is 2. The number of anilines is 1. The largest absolute Gasteiger partial charge is 0.478 e. The van der Waals surface area contributed by atoms with E-state index in [0.717, 1.165) is 15.7 Å². The van der Waals surface area contributed by atoms with Crippen molar-refractivity contribution in [1.29, 1.82) is 0 Å². The van der Waals surface area contributed by atoms with Gasteiger partial charge in [-0.1, -0.05) is 23.5 Å². The van der Waals surface area contributed by atoms with E-state index in [2.05, 4.69) is 15.5 Å². The van der Waals surface area contributed by atoms with Crippen molar-refractivity contribution in [3.63, 3.8) is 0 Å². The molecule has 2 rings (SSSR count). The van der Waals surface area contributed by atoms with Crippen LogP contribution in [0.25, 0.3) is 0 Å². The second-order valence-electron chi connectivity index (χ2n) is 3.49. The van der Waals surface area contributed by atoms with E-state index in [1.165, 1.54) is 11.3 Å². The first-order valence-corrected chi connectivity index (χ1v) is 5.83. The smallest absolute Gasteiger partial charge is 0.335 e. The molecule has 1 aromatic heterocycles. The molecule has 0 unspecified atom stereocenters. The minimum absolute atomic E-state index is 0.290. The second-order valence-corrected chi connectivity index (χ2v) is 4.67. The van der Waals surface area contributed by atoms with E-state index in [1.54, 1.807) is 18.2 Å². The summed E-state index contributed by atoms with van der Waals surface area (Å²) in [7, 11) is 0. The lowest BCUT2D eigenvalue weighted by Crippen LogP contribution is -2.02. The molecule has 0 amide bonds. The third kappa shape index (κ3) is 3.01. The molecule has 0 bridgehead atoms. The lowest BCUT2D eigenvalue weighted by atomic mass is 10.1. The van der Waals surface area contributed by atoms with Crippen LogP contribution in [0, 0.1) is 6.92 Å². The van der Waals surface area contributed by atoms with E-state index in [4.69, 9.17) is 5.11 Å². The summed E-state index contributed by atoms with van der Waals surface area (Å²) >= 11 is 1.47. The predicted octanol–water partition coefficient (Wildman–Crippen LogP) is 2.16. The molecule has 2 aromatic rings. The summed E-state index contributed by atoms with van der Waals surface area (Å²) in [5.41, 5.74) is 1.19. The SMILES string of the molecule is Cc1nnc(NCc2cccc(C(=O)O)c2)s1. The third-order valence-corrected chi connectivity index (χ3v) is 2.94. The van der Waals surface area contributed by atoms with Gasteiger partial charge in [-0.3, -0.25) is 0 Å². The summed E-state index contributed by atoms with van der Waals surface area (Å²) in [5.74, 6) is -0.918. The maximum atomic E-state index is 10.8. The fraction of sp³-hybridized carbons (Fsp3) is 0.182. The number of hydrogen-bond acceptors (Lipinski definition) is 5. The number of nitrogens with one attached hydrogen (secondary N) is 1. The summed E-state index contributed by atoms with van der Waals surface area (Å²) in [6, 6.07) is 6.81. The van der Waals surface area contributed by atoms with Gasteiger partial charge in [0.1, 0.15) is 5.01 Å². The molecule has 0 spiro atoms. The van der Waals surface area contributed by atoms with Crippen LogP contribution in [0.5, 0.6) is 0 Å². The first-order chi connectivity index (χ1) is 8.15. The van der Waals surface area contributed by atoms with Gasteiger partial charge >= 0.3 is 5.97 Å². The van der Waals surface area contributed by atoms with Crippen molar-refractivity contribution >= 4 is 22.4 Å². The molecule has 88 valence electrons. The van der Waals surface area contributed by atoms with Crippen LogP contribution in [0.3, 0.4) is 0 Å². The lowest BCUT2D eigenvalue weighted by molar-refractivity contribution is 0.0697. The van der Waals surface area contributed by atoms with Crippen molar-refractivity contribution in [3.05, 3.63) is 40.4 Å². The van der Waals surface area contributed by atoms with Crippen LogP contribution in [0.2, 0.25) is 0 Å². The lowest BCUT2D eigenvalue weighted by Gasteiger charge is -2.03. The van der Waals surface area contributed by atoms with E-state index < -0.39 is 5.97 Å². The fourth-order valence-electron chi connectivity index (χ4n) is 1.36.